The van der Waals surface area contributed by atoms with E-state index in [-0.39, 0.29) is 11.6 Å². The highest BCUT2D eigenvalue weighted by Gasteiger charge is 2.18. The Morgan fingerprint density at radius 2 is 2.00 bits per heavy atom. The van der Waals surface area contributed by atoms with Crippen LogP contribution in [0.15, 0.2) is 30.6 Å². The van der Waals surface area contributed by atoms with Crippen LogP contribution >= 0.6 is 11.3 Å². The maximum atomic E-state index is 14.2. The molecule has 0 bridgehead atoms. The Morgan fingerprint density at radius 3 is 2.82 bits per heavy atom. The summed E-state index contributed by atoms with van der Waals surface area (Å²) in [5.74, 6) is 0.0389. The van der Waals surface area contributed by atoms with E-state index in [0.717, 1.165) is 23.7 Å². The Hall–Kier alpha value is -3.07. The van der Waals surface area contributed by atoms with Gasteiger partial charge in [0.2, 0.25) is 0 Å². The maximum Gasteiger partial charge on any atom is 0.284 e. The maximum absolute atomic E-state index is 14.2. The number of rotatable bonds is 3. The van der Waals surface area contributed by atoms with Gasteiger partial charge >= 0.3 is 0 Å². The van der Waals surface area contributed by atoms with E-state index in [9.17, 15) is 9.18 Å². The molecule has 0 atom stereocenters. The minimum absolute atomic E-state index is 0.231. The number of anilines is 2. The van der Waals surface area contributed by atoms with Crippen molar-refractivity contribution in [1.29, 1.82) is 0 Å². The largest absolute Gasteiger partial charge is 0.357 e. The van der Waals surface area contributed by atoms with Gasteiger partial charge in [-0.05, 0) is 31.9 Å². The summed E-state index contributed by atoms with van der Waals surface area (Å²) in [5, 5.41) is 3.01. The lowest BCUT2D eigenvalue weighted by Gasteiger charge is -2.15. The van der Waals surface area contributed by atoms with Gasteiger partial charge < -0.3 is 14.6 Å². The zero-order valence-electron chi connectivity index (χ0n) is 15.1. The lowest BCUT2D eigenvalue weighted by atomic mass is 10.4. The average Bonchev–Trinajstić information content (AvgIpc) is 3.39. The summed E-state index contributed by atoms with van der Waals surface area (Å²) in [5.41, 5.74) is 1.96. The van der Waals surface area contributed by atoms with Gasteiger partial charge in [0.1, 0.15) is 16.2 Å². The van der Waals surface area contributed by atoms with Crippen LogP contribution in [0.2, 0.25) is 0 Å². The third kappa shape index (κ3) is 2.97. The molecule has 9 heteroatoms. The van der Waals surface area contributed by atoms with Gasteiger partial charge in [-0.1, -0.05) is 11.3 Å². The van der Waals surface area contributed by atoms with E-state index in [1.807, 2.05) is 12.1 Å². The van der Waals surface area contributed by atoms with Crippen molar-refractivity contribution in [1.82, 2.24) is 19.4 Å². The van der Waals surface area contributed by atoms with Gasteiger partial charge in [0.25, 0.3) is 5.91 Å². The van der Waals surface area contributed by atoms with Crippen LogP contribution in [0.4, 0.5) is 15.9 Å². The number of aromatic nitrogens is 4. The number of thiazole rings is 1. The fourth-order valence-electron chi connectivity index (χ4n) is 3.46. The normalized spacial score (nSPS) is 14.3. The molecule has 1 fully saturated rings. The molecule has 1 aliphatic heterocycles. The van der Waals surface area contributed by atoms with Gasteiger partial charge in [0.15, 0.2) is 16.5 Å². The molecule has 1 saturated heterocycles. The molecular weight excluding hydrogens is 379 g/mol. The Bertz CT molecular complexity index is 1210. The molecule has 0 spiro atoms. The Morgan fingerprint density at radius 1 is 1.18 bits per heavy atom. The molecule has 5 rings (SSSR count). The highest BCUT2D eigenvalue weighted by Crippen LogP contribution is 2.26. The van der Waals surface area contributed by atoms with E-state index in [4.69, 9.17) is 0 Å². The first-order chi connectivity index (χ1) is 13.6. The van der Waals surface area contributed by atoms with E-state index >= 15 is 0 Å². The van der Waals surface area contributed by atoms with E-state index < -0.39 is 5.82 Å². The summed E-state index contributed by atoms with van der Waals surface area (Å²) < 4.78 is 15.8. The molecule has 1 aliphatic rings. The molecule has 0 aromatic carbocycles. The van der Waals surface area contributed by atoms with Gasteiger partial charge in [-0.25, -0.2) is 19.3 Å². The van der Waals surface area contributed by atoms with Crippen LogP contribution in [-0.2, 0) is 0 Å². The first-order valence-electron chi connectivity index (χ1n) is 9.05. The molecule has 4 aromatic heterocycles. The van der Waals surface area contributed by atoms with Crippen LogP contribution in [0.3, 0.4) is 0 Å². The van der Waals surface area contributed by atoms with Crippen molar-refractivity contribution >= 4 is 44.7 Å². The summed E-state index contributed by atoms with van der Waals surface area (Å²) in [7, 11) is 0. The first kappa shape index (κ1) is 17.1. The predicted octanol–water partition coefficient (Wildman–Crippen LogP) is 3.64. The van der Waals surface area contributed by atoms with Gasteiger partial charge in [0, 0.05) is 31.5 Å². The monoisotopic (exact) mass is 396 g/mol. The number of carbonyl (C=O) groups is 1. The third-order valence-electron chi connectivity index (χ3n) is 4.75. The van der Waals surface area contributed by atoms with Gasteiger partial charge in [-0.2, -0.15) is 0 Å². The van der Waals surface area contributed by atoms with Crippen molar-refractivity contribution in [2.45, 2.75) is 19.8 Å². The summed E-state index contributed by atoms with van der Waals surface area (Å²) in [4.78, 5) is 28.7. The number of carbonyl (C=O) groups excluding carboxylic acids is 1. The number of nitrogens with zero attached hydrogens (tertiary/aromatic N) is 5. The minimum atomic E-state index is -0.493. The number of nitrogens with one attached hydrogen (secondary N) is 1. The summed E-state index contributed by atoms with van der Waals surface area (Å²) in [6, 6.07) is 5.10. The van der Waals surface area contributed by atoms with Crippen molar-refractivity contribution in [3.63, 3.8) is 0 Å². The molecule has 4 aromatic rings. The molecule has 5 heterocycles. The third-order valence-corrected chi connectivity index (χ3v) is 5.71. The van der Waals surface area contributed by atoms with E-state index in [1.165, 1.54) is 30.2 Å². The van der Waals surface area contributed by atoms with Crippen LogP contribution in [0.25, 0.3) is 16.0 Å². The highest BCUT2D eigenvalue weighted by molar-refractivity contribution is 7.20. The summed E-state index contributed by atoms with van der Waals surface area (Å²) >= 11 is 1.24. The fourth-order valence-corrected chi connectivity index (χ4v) is 4.29. The number of hydrogen-bond donors (Lipinski definition) is 1. The SMILES string of the molecule is Cc1cn2cc(NC(=O)c3nc4ccc(N5CCCC5)nc4s3)cc(F)c2n1. The fraction of sp³-hybridized carbons (Fsp3) is 0.263. The lowest BCUT2D eigenvalue weighted by Crippen LogP contribution is -2.18. The Kier molecular flexibility index (Phi) is 3.97. The van der Waals surface area contributed by atoms with E-state index in [1.54, 1.807) is 23.7 Å². The topological polar surface area (TPSA) is 75.4 Å². The Labute approximate surface area is 163 Å². The van der Waals surface area contributed by atoms with Crippen molar-refractivity contribution in [2.75, 3.05) is 23.3 Å². The number of aryl methyl sites for hydroxylation is 1. The van der Waals surface area contributed by atoms with Gasteiger partial charge in [-0.3, -0.25) is 4.79 Å². The van der Waals surface area contributed by atoms with Crippen LogP contribution < -0.4 is 10.2 Å². The Balaban J connectivity index is 1.42. The molecule has 28 heavy (non-hydrogen) atoms. The molecular formula is C19H17FN6OS. The van der Waals surface area contributed by atoms with E-state index in [0.29, 0.717) is 21.9 Å². The molecule has 142 valence electrons. The molecule has 7 nitrogen and oxygen atoms in total. The number of imidazole rings is 1. The van der Waals surface area contributed by atoms with Crippen molar-refractivity contribution in [3.8, 4) is 0 Å². The second kappa shape index (κ2) is 6.52. The number of pyridine rings is 2. The molecule has 0 saturated carbocycles. The zero-order valence-corrected chi connectivity index (χ0v) is 16.0. The standard InChI is InChI=1S/C19H17FN6OS/c1-11-9-26-10-12(8-13(20)16(26)21-11)22-17(27)19-23-14-4-5-15(24-18(14)28-19)25-6-2-3-7-25/h4-5,8-10H,2-3,6-7H2,1H3,(H,22,27). The molecule has 1 amide bonds. The second-order valence-corrected chi connectivity index (χ2v) is 7.83. The molecule has 1 N–H and O–H groups in total. The highest BCUT2D eigenvalue weighted by atomic mass is 32.1. The summed E-state index contributed by atoms with van der Waals surface area (Å²) in [6.45, 7) is 3.80. The van der Waals surface area contributed by atoms with Gasteiger partial charge in [0.05, 0.1) is 11.4 Å². The molecule has 0 radical (unpaired) electrons. The van der Waals surface area contributed by atoms with Crippen LogP contribution in [0.5, 0.6) is 0 Å². The smallest absolute Gasteiger partial charge is 0.284 e. The van der Waals surface area contributed by atoms with Crippen LogP contribution in [-0.4, -0.2) is 38.3 Å². The lowest BCUT2D eigenvalue weighted by molar-refractivity contribution is 0.102. The van der Waals surface area contributed by atoms with Crippen molar-refractivity contribution in [3.05, 3.63) is 47.1 Å². The van der Waals surface area contributed by atoms with Crippen molar-refractivity contribution < 1.29 is 9.18 Å². The molecule has 0 unspecified atom stereocenters. The van der Waals surface area contributed by atoms with Crippen LogP contribution in [0, 0.1) is 12.7 Å². The van der Waals surface area contributed by atoms with Gasteiger partial charge in [-0.15, -0.1) is 0 Å². The second-order valence-electron chi connectivity index (χ2n) is 6.85. The number of halogens is 1. The number of fused-ring (bicyclic) bond motifs is 2. The van der Waals surface area contributed by atoms with Crippen LogP contribution in [0.1, 0.15) is 28.3 Å². The quantitative estimate of drug-likeness (QED) is 0.572. The first-order valence-corrected chi connectivity index (χ1v) is 9.87. The minimum Gasteiger partial charge on any atom is -0.357 e. The number of amides is 1. The van der Waals surface area contributed by atoms with E-state index in [2.05, 4.69) is 25.2 Å². The number of hydrogen-bond acceptors (Lipinski definition) is 6. The summed E-state index contributed by atoms with van der Waals surface area (Å²) in [6.07, 6.45) is 5.68. The average molecular weight is 396 g/mol. The zero-order chi connectivity index (χ0) is 19.3. The van der Waals surface area contributed by atoms with Crippen molar-refractivity contribution in [2.24, 2.45) is 0 Å². The molecule has 0 aliphatic carbocycles. The predicted molar refractivity (Wildman–Crippen MR) is 107 cm³/mol.